The number of aromatic nitrogens is 2. The van der Waals surface area contributed by atoms with Gasteiger partial charge < -0.3 is 19.9 Å². The van der Waals surface area contributed by atoms with Gasteiger partial charge in [-0.2, -0.15) is 4.98 Å². The van der Waals surface area contributed by atoms with Gasteiger partial charge in [-0.05, 0) is 48.4 Å². The average Bonchev–Trinajstić information content (AvgIpc) is 3.18. The smallest absolute Gasteiger partial charge is 0.425 e. The number of hydrogen-bond donors (Lipinski definition) is 2. The number of nitrogens with one attached hydrogen (secondary N) is 1. The van der Waals surface area contributed by atoms with E-state index in [0.717, 1.165) is 17.0 Å². The Kier molecular flexibility index (Phi) is 8.71. The molecule has 0 radical (unpaired) electrons. The van der Waals surface area contributed by atoms with Crippen LogP contribution in [0.3, 0.4) is 0 Å². The normalized spacial score (nSPS) is 11.2. The molecular weight excluding hydrogens is 500 g/mol. The van der Waals surface area contributed by atoms with E-state index < -0.39 is 29.7 Å². The number of imidazole rings is 1. The number of aliphatic hydroxyl groups is 1. The summed E-state index contributed by atoms with van der Waals surface area (Å²) in [5, 5.41) is 11.5. The molecule has 3 aromatic rings. The van der Waals surface area contributed by atoms with Gasteiger partial charge in [-0.1, -0.05) is 12.1 Å². The van der Waals surface area contributed by atoms with E-state index in [4.69, 9.17) is 9.84 Å². The molecule has 2 aromatic carbocycles. The number of carbonyl (C=O) groups is 2. The quantitative estimate of drug-likeness (QED) is 0.230. The molecule has 13 heteroatoms. The topological polar surface area (TPSA) is 106 Å². The summed E-state index contributed by atoms with van der Waals surface area (Å²) in [7, 11) is 1.39. The number of halogens is 4. The second kappa shape index (κ2) is 11.7. The van der Waals surface area contributed by atoms with Crippen LogP contribution in [-0.4, -0.2) is 53.0 Å². The van der Waals surface area contributed by atoms with Crippen LogP contribution < -0.4 is 19.7 Å². The maximum atomic E-state index is 13.4. The van der Waals surface area contributed by atoms with Crippen molar-refractivity contribution < 1.29 is 41.7 Å². The third-order valence-electron chi connectivity index (χ3n) is 5.00. The van der Waals surface area contributed by atoms with E-state index in [1.54, 1.807) is 0 Å². The van der Waals surface area contributed by atoms with Crippen LogP contribution in [0.5, 0.6) is 17.5 Å². The van der Waals surface area contributed by atoms with E-state index in [-0.39, 0.29) is 43.0 Å². The highest BCUT2D eigenvalue weighted by molar-refractivity contribution is 6.02. The number of ketones is 1. The summed E-state index contributed by atoms with van der Waals surface area (Å²) in [4.78, 5) is 30.7. The molecule has 0 aliphatic heterocycles. The summed E-state index contributed by atoms with van der Waals surface area (Å²) in [5.41, 5.74) is 0.595. The minimum absolute atomic E-state index is 0.00671. The summed E-state index contributed by atoms with van der Waals surface area (Å²) in [5.74, 6) is -1.33. The van der Waals surface area contributed by atoms with Gasteiger partial charge in [0.1, 0.15) is 23.0 Å². The number of urea groups is 1. The van der Waals surface area contributed by atoms with Gasteiger partial charge in [0.2, 0.25) is 0 Å². The number of alkyl halides is 3. The van der Waals surface area contributed by atoms with Crippen molar-refractivity contribution in [2.45, 2.75) is 26.3 Å². The number of Topliss-reactive ketones (excluding diaryl/α,β-unsaturated/α-hetero) is 1. The maximum Gasteiger partial charge on any atom is 0.573 e. The number of aliphatic hydroxyl groups excluding tert-OH is 1. The number of rotatable bonds is 10. The number of benzene rings is 2. The van der Waals surface area contributed by atoms with Gasteiger partial charge in [-0.3, -0.25) is 14.3 Å². The summed E-state index contributed by atoms with van der Waals surface area (Å²) < 4.78 is 61.8. The van der Waals surface area contributed by atoms with E-state index in [1.165, 1.54) is 54.9 Å². The molecule has 9 nitrogen and oxygen atoms in total. The lowest BCUT2D eigenvalue weighted by Gasteiger charge is -2.17. The van der Waals surface area contributed by atoms with Crippen molar-refractivity contribution in [1.82, 2.24) is 14.9 Å². The first-order chi connectivity index (χ1) is 17.5. The molecule has 37 heavy (non-hydrogen) atoms. The number of hydrogen-bond acceptors (Lipinski definition) is 6. The lowest BCUT2D eigenvalue weighted by molar-refractivity contribution is -0.274. The molecule has 2 N–H and O–H groups in total. The summed E-state index contributed by atoms with van der Waals surface area (Å²) >= 11 is 0. The second-order valence-electron chi connectivity index (χ2n) is 7.82. The van der Waals surface area contributed by atoms with Crippen molar-refractivity contribution in [3.63, 3.8) is 0 Å². The minimum atomic E-state index is -4.86. The summed E-state index contributed by atoms with van der Waals surface area (Å²) in [6.07, 6.45) is -4.54. The number of anilines is 1. The molecule has 2 amide bonds. The Labute approximate surface area is 209 Å². The zero-order valence-electron chi connectivity index (χ0n) is 19.9. The molecule has 0 saturated heterocycles. The van der Waals surface area contributed by atoms with E-state index >= 15 is 0 Å². The van der Waals surface area contributed by atoms with Crippen LogP contribution in [0, 0.1) is 5.82 Å². The lowest BCUT2D eigenvalue weighted by Crippen LogP contribution is -2.39. The van der Waals surface area contributed by atoms with Gasteiger partial charge in [0.05, 0.1) is 6.54 Å². The lowest BCUT2D eigenvalue weighted by atomic mass is 10.2. The molecule has 1 heterocycles. The van der Waals surface area contributed by atoms with Gasteiger partial charge >= 0.3 is 18.4 Å². The summed E-state index contributed by atoms with van der Waals surface area (Å²) in [6, 6.07) is 9.27. The standard InChI is InChI=1S/C24H24F4N4O5/c1-15(34)20-21(31(2)22(35)29-12-3-13-33)30-23(32(20)14-16-4-6-17(25)7-5-16)36-18-8-10-19(11-9-18)37-24(26,27)28/h4-11,33H,3,12-14H2,1-2H3,(H,29,35). The van der Waals surface area contributed by atoms with Gasteiger partial charge in [-0.25, -0.2) is 9.18 Å². The van der Waals surface area contributed by atoms with E-state index in [1.807, 2.05) is 0 Å². The molecule has 0 atom stereocenters. The van der Waals surface area contributed by atoms with Crippen LogP contribution in [0.2, 0.25) is 0 Å². The zero-order chi connectivity index (χ0) is 27.2. The number of carbonyl (C=O) groups excluding carboxylic acids is 2. The van der Waals surface area contributed by atoms with Crippen LogP contribution >= 0.6 is 0 Å². The fourth-order valence-corrected chi connectivity index (χ4v) is 3.30. The molecule has 0 bridgehead atoms. The Balaban J connectivity index is 2.00. The second-order valence-corrected chi connectivity index (χ2v) is 7.82. The van der Waals surface area contributed by atoms with Gasteiger partial charge in [0, 0.05) is 27.1 Å². The molecule has 3 rings (SSSR count). The Morgan fingerprint density at radius 2 is 1.70 bits per heavy atom. The molecule has 0 saturated carbocycles. The minimum Gasteiger partial charge on any atom is -0.425 e. The third kappa shape index (κ3) is 7.43. The molecule has 0 fully saturated rings. The maximum absolute atomic E-state index is 13.4. The number of nitrogens with zero attached hydrogens (tertiary/aromatic N) is 3. The van der Waals surface area contributed by atoms with Crippen LogP contribution in [0.1, 0.15) is 29.4 Å². The molecule has 0 aliphatic carbocycles. The fourth-order valence-electron chi connectivity index (χ4n) is 3.30. The van der Waals surface area contributed by atoms with Crippen LogP contribution in [-0.2, 0) is 6.54 Å². The van der Waals surface area contributed by atoms with Crippen molar-refractivity contribution in [2.75, 3.05) is 25.1 Å². The van der Waals surface area contributed by atoms with Crippen LogP contribution in [0.25, 0.3) is 0 Å². The fraction of sp³-hybridized carbons (Fsp3) is 0.292. The predicted octanol–water partition coefficient (Wildman–Crippen LogP) is 4.49. The van der Waals surface area contributed by atoms with Crippen molar-refractivity contribution in [2.24, 2.45) is 0 Å². The Morgan fingerprint density at radius 3 is 2.27 bits per heavy atom. The molecule has 198 valence electrons. The molecule has 0 aliphatic rings. The van der Waals surface area contributed by atoms with Crippen molar-refractivity contribution in [1.29, 1.82) is 0 Å². The first-order valence-corrected chi connectivity index (χ1v) is 11.0. The first kappa shape index (κ1) is 27.5. The van der Waals surface area contributed by atoms with E-state index in [9.17, 15) is 27.2 Å². The van der Waals surface area contributed by atoms with Crippen molar-refractivity contribution in [3.8, 4) is 17.5 Å². The van der Waals surface area contributed by atoms with Crippen molar-refractivity contribution in [3.05, 3.63) is 65.6 Å². The average molecular weight is 524 g/mol. The number of amides is 2. The number of ether oxygens (including phenoxy) is 2. The van der Waals surface area contributed by atoms with Gasteiger partial charge in [0.25, 0.3) is 0 Å². The van der Waals surface area contributed by atoms with Gasteiger partial charge in [0.15, 0.2) is 11.6 Å². The van der Waals surface area contributed by atoms with Crippen LogP contribution in [0.15, 0.2) is 48.5 Å². The third-order valence-corrected chi connectivity index (χ3v) is 5.00. The SMILES string of the molecule is CC(=O)c1c(N(C)C(=O)NCCCO)nc(Oc2ccc(OC(F)(F)F)cc2)n1Cc1ccc(F)cc1. The zero-order valence-corrected chi connectivity index (χ0v) is 19.9. The molecule has 1 aromatic heterocycles. The highest BCUT2D eigenvalue weighted by Crippen LogP contribution is 2.32. The Hall–Kier alpha value is -4.13. The molecular formula is C24H24F4N4O5. The highest BCUT2D eigenvalue weighted by atomic mass is 19.4. The van der Waals surface area contributed by atoms with Gasteiger partial charge in [-0.15, -0.1) is 13.2 Å². The highest BCUT2D eigenvalue weighted by Gasteiger charge is 2.31. The van der Waals surface area contributed by atoms with Crippen LogP contribution in [0.4, 0.5) is 28.2 Å². The monoisotopic (exact) mass is 524 g/mol. The first-order valence-electron chi connectivity index (χ1n) is 11.0. The van der Waals surface area contributed by atoms with Crippen molar-refractivity contribution >= 4 is 17.6 Å². The Morgan fingerprint density at radius 1 is 1.08 bits per heavy atom. The Bertz CT molecular complexity index is 1230. The largest absolute Gasteiger partial charge is 0.573 e. The van der Waals surface area contributed by atoms with E-state index in [2.05, 4.69) is 15.0 Å². The molecule has 0 unspecified atom stereocenters. The summed E-state index contributed by atoms with van der Waals surface area (Å²) in [6.45, 7) is 1.33. The molecule has 0 spiro atoms. The predicted molar refractivity (Wildman–Crippen MR) is 124 cm³/mol. The van der Waals surface area contributed by atoms with E-state index in [0.29, 0.717) is 12.0 Å².